The van der Waals surface area contributed by atoms with Crippen molar-refractivity contribution in [1.82, 2.24) is 14.8 Å². The molecule has 0 fully saturated rings. The molecule has 0 aliphatic carbocycles. The lowest BCUT2D eigenvalue weighted by molar-refractivity contribution is -0.113. The summed E-state index contributed by atoms with van der Waals surface area (Å²) < 4.78 is 11.2. The lowest BCUT2D eigenvalue weighted by Gasteiger charge is -2.12. The van der Waals surface area contributed by atoms with Gasteiger partial charge < -0.3 is 19.4 Å². The first-order valence-corrected chi connectivity index (χ1v) is 8.98. The van der Waals surface area contributed by atoms with Crippen LogP contribution in [0.1, 0.15) is 40.6 Å². The number of amides is 1. The quantitative estimate of drug-likeness (QED) is 0.563. The lowest BCUT2D eigenvalue weighted by Crippen LogP contribution is -2.18. The van der Waals surface area contributed by atoms with Gasteiger partial charge in [0.2, 0.25) is 5.91 Å². The summed E-state index contributed by atoms with van der Waals surface area (Å²) in [5.74, 6) is -1.53. The summed E-state index contributed by atoms with van der Waals surface area (Å²) in [5, 5.41) is 11.1. The number of nitrogens with zero attached hydrogens (tertiary/aromatic N) is 3. The van der Waals surface area contributed by atoms with Crippen LogP contribution in [0.4, 0.5) is 5.69 Å². The minimum Gasteiger partial charge on any atom is -0.465 e. The van der Waals surface area contributed by atoms with Gasteiger partial charge in [-0.15, -0.1) is 10.2 Å². The Morgan fingerprint density at radius 3 is 2.52 bits per heavy atom. The zero-order valence-corrected chi connectivity index (χ0v) is 16.2. The van der Waals surface area contributed by atoms with Gasteiger partial charge in [-0.05, 0) is 32.0 Å². The van der Waals surface area contributed by atoms with Crippen molar-refractivity contribution in [3.63, 3.8) is 0 Å². The van der Waals surface area contributed by atoms with Crippen molar-refractivity contribution in [3.8, 4) is 0 Å². The minimum atomic E-state index is -0.631. The molecule has 0 radical (unpaired) electrons. The summed E-state index contributed by atoms with van der Waals surface area (Å²) in [7, 11) is 2.48. The van der Waals surface area contributed by atoms with Crippen LogP contribution in [-0.4, -0.2) is 52.6 Å². The van der Waals surface area contributed by atoms with Crippen LogP contribution in [-0.2, 0) is 14.3 Å². The Labute approximate surface area is 160 Å². The lowest BCUT2D eigenvalue weighted by atomic mass is 10.1. The van der Waals surface area contributed by atoms with Crippen molar-refractivity contribution in [1.29, 1.82) is 0 Å². The van der Waals surface area contributed by atoms with Gasteiger partial charge in [-0.1, -0.05) is 11.8 Å². The fraction of sp³-hybridized carbons (Fsp3) is 0.353. The number of methoxy groups -OCH3 is 2. The molecule has 0 aliphatic heterocycles. The zero-order chi connectivity index (χ0) is 20.0. The molecule has 1 heterocycles. The third kappa shape index (κ3) is 5.07. The Morgan fingerprint density at radius 1 is 1.19 bits per heavy atom. The van der Waals surface area contributed by atoms with Crippen molar-refractivity contribution in [2.45, 2.75) is 25.0 Å². The van der Waals surface area contributed by atoms with Gasteiger partial charge in [0.15, 0.2) is 5.16 Å². The molecule has 2 rings (SSSR count). The topological polar surface area (TPSA) is 112 Å². The standard InChI is InChI=1S/C17H20N4O5S/c1-10(2)21-9-18-20-17(21)27-8-14(22)19-13-7-11(15(23)25-3)5-6-12(13)16(24)26-4/h5-7,9-10H,8H2,1-4H3,(H,19,22). The normalized spacial score (nSPS) is 10.6. The molecule has 0 unspecified atom stereocenters. The summed E-state index contributed by atoms with van der Waals surface area (Å²) in [5.41, 5.74) is 0.502. The number of esters is 2. The molecule has 10 heteroatoms. The van der Waals surface area contributed by atoms with Crippen LogP contribution in [0.5, 0.6) is 0 Å². The van der Waals surface area contributed by atoms with E-state index in [-0.39, 0.29) is 34.5 Å². The van der Waals surface area contributed by atoms with Crippen molar-refractivity contribution in [3.05, 3.63) is 35.7 Å². The second-order valence-corrected chi connectivity index (χ2v) is 6.64. The molecule has 1 aromatic carbocycles. The number of benzene rings is 1. The molecule has 0 aliphatic rings. The maximum Gasteiger partial charge on any atom is 0.339 e. The Hall–Kier alpha value is -2.88. The predicted molar refractivity (Wildman–Crippen MR) is 98.9 cm³/mol. The monoisotopic (exact) mass is 392 g/mol. The van der Waals surface area contributed by atoms with E-state index in [4.69, 9.17) is 4.74 Å². The zero-order valence-electron chi connectivity index (χ0n) is 15.4. The third-order valence-corrected chi connectivity index (χ3v) is 4.51. The first-order valence-electron chi connectivity index (χ1n) is 8.00. The molecule has 0 saturated carbocycles. The van der Waals surface area contributed by atoms with E-state index < -0.39 is 11.9 Å². The molecule has 1 aromatic heterocycles. The summed E-state index contributed by atoms with van der Waals surface area (Å²) in [4.78, 5) is 36.0. The fourth-order valence-electron chi connectivity index (χ4n) is 2.19. The highest BCUT2D eigenvalue weighted by Gasteiger charge is 2.18. The van der Waals surface area contributed by atoms with Gasteiger partial charge in [0.05, 0.1) is 36.8 Å². The molecule has 9 nitrogen and oxygen atoms in total. The average molecular weight is 392 g/mol. The van der Waals surface area contributed by atoms with E-state index in [2.05, 4.69) is 20.3 Å². The number of nitrogens with one attached hydrogen (secondary N) is 1. The van der Waals surface area contributed by atoms with Gasteiger partial charge in [0, 0.05) is 6.04 Å². The van der Waals surface area contributed by atoms with E-state index in [0.29, 0.717) is 5.16 Å². The third-order valence-electron chi connectivity index (χ3n) is 3.55. The number of ether oxygens (including phenoxy) is 2. The van der Waals surface area contributed by atoms with Gasteiger partial charge >= 0.3 is 11.9 Å². The van der Waals surface area contributed by atoms with Crippen molar-refractivity contribution in [2.24, 2.45) is 0 Å². The molecule has 1 N–H and O–H groups in total. The summed E-state index contributed by atoms with van der Waals surface area (Å²) in [6, 6.07) is 4.36. The molecule has 1 amide bonds. The van der Waals surface area contributed by atoms with E-state index in [1.54, 1.807) is 6.33 Å². The SMILES string of the molecule is COC(=O)c1ccc(C(=O)OC)c(NC(=O)CSc2nncn2C(C)C)c1. The molecular formula is C17H20N4O5S. The largest absolute Gasteiger partial charge is 0.465 e. The van der Waals surface area contributed by atoms with Gasteiger partial charge in [-0.25, -0.2) is 9.59 Å². The number of hydrogen-bond acceptors (Lipinski definition) is 8. The molecular weight excluding hydrogens is 372 g/mol. The summed E-state index contributed by atoms with van der Waals surface area (Å²) in [6.45, 7) is 3.96. The van der Waals surface area contributed by atoms with E-state index >= 15 is 0 Å². The average Bonchev–Trinajstić information content (AvgIpc) is 3.14. The maximum absolute atomic E-state index is 12.3. The highest BCUT2D eigenvalue weighted by molar-refractivity contribution is 7.99. The highest BCUT2D eigenvalue weighted by Crippen LogP contribution is 2.22. The summed E-state index contributed by atoms with van der Waals surface area (Å²) in [6.07, 6.45) is 1.60. The fourth-order valence-corrected chi connectivity index (χ4v) is 3.03. The van der Waals surface area contributed by atoms with Crippen LogP contribution in [0, 0.1) is 0 Å². The molecule has 0 atom stereocenters. The van der Waals surface area contributed by atoms with E-state index in [9.17, 15) is 14.4 Å². The van der Waals surface area contributed by atoms with Gasteiger partial charge in [0.1, 0.15) is 6.33 Å². The van der Waals surface area contributed by atoms with Gasteiger partial charge in [-0.3, -0.25) is 4.79 Å². The second kappa shape index (κ2) is 9.17. The first kappa shape index (κ1) is 20.4. The van der Waals surface area contributed by atoms with Crippen LogP contribution in [0.2, 0.25) is 0 Å². The molecule has 0 spiro atoms. The van der Waals surface area contributed by atoms with Gasteiger partial charge in [-0.2, -0.15) is 0 Å². The highest BCUT2D eigenvalue weighted by atomic mass is 32.2. The Kier molecular flexibility index (Phi) is 6.94. The minimum absolute atomic E-state index is 0.0501. The first-order chi connectivity index (χ1) is 12.9. The molecule has 0 saturated heterocycles. The van der Waals surface area contributed by atoms with Crippen LogP contribution < -0.4 is 5.32 Å². The predicted octanol–water partition coefficient (Wildman–Crippen LogP) is 2.16. The van der Waals surface area contributed by atoms with Crippen molar-refractivity contribution in [2.75, 3.05) is 25.3 Å². The van der Waals surface area contributed by atoms with E-state index in [1.807, 2.05) is 18.4 Å². The molecule has 144 valence electrons. The molecule has 2 aromatic rings. The van der Waals surface area contributed by atoms with E-state index in [0.717, 1.165) is 0 Å². The van der Waals surface area contributed by atoms with E-state index in [1.165, 1.54) is 44.2 Å². The number of thioether (sulfide) groups is 1. The van der Waals surface area contributed by atoms with Crippen molar-refractivity contribution >= 4 is 35.3 Å². The Balaban J connectivity index is 2.16. The molecule has 27 heavy (non-hydrogen) atoms. The number of rotatable bonds is 7. The summed E-state index contributed by atoms with van der Waals surface area (Å²) >= 11 is 1.21. The van der Waals surface area contributed by atoms with Crippen LogP contribution in [0.25, 0.3) is 0 Å². The Morgan fingerprint density at radius 2 is 1.89 bits per heavy atom. The molecule has 0 bridgehead atoms. The van der Waals surface area contributed by atoms with Gasteiger partial charge in [0.25, 0.3) is 0 Å². The van der Waals surface area contributed by atoms with Crippen LogP contribution >= 0.6 is 11.8 Å². The number of hydrogen-bond donors (Lipinski definition) is 1. The van der Waals surface area contributed by atoms with Crippen LogP contribution in [0.3, 0.4) is 0 Å². The second-order valence-electron chi connectivity index (χ2n) is 5.69. The van der Waals surface area contributed by atoms with Crippen LogP contribution in [0.15, 0.2) is 29.7 Å². The number of anilines is 1. The number of carbonyl (C=O) groups excluding carboxylic acids is 3. The Bertz CT molecular complexity index is 850. The number of carbonyl (C=O) groups is 3. The smallest absolute Gasteiger partial charge is 0.339 e. The maximum atomic E-state index is 12.3. The van der Waals surface area contributed by atoms with Crippen molar-refractivity contribution < 1.29 is 23.9 Å². The number of aromatic nitrogens is 3.